The molecule has 2 aliphatic carbocycles. The van der Waals surface area contributed by atoms with Crippen LogP contribution in [-0.4, -0.2) is 24.2 Å². The van der Waals surface area contributed by atoms with Gasteiger partial charge in [-0.2, -0.15) is 5.10 Å². The molecular weight excluding hydrogens is 408 g/mol. The van der Waals surface area contributed by atoms with Crippen LogP contribution in [0.5, 0.6) is 0 Å². The van der Waals surface area contributed by atoms with Gasteiger partial charge in [-0.3, -0.25) is 4.68 Å². The summed E-state index contributed by atoms with van der Waals surface area (Å²) in [6, 6.07) is 24.8. The van der Waals surface area contributed by atoms with Crippen molar-refractivity contribution < 1.29 is 4.43 Å². The molecule has 3 aromatic rings. The highest BCUT2D eigenvalue weighted by Crippen LogP contribution is 2.64. The van der Waals surface area contributed by atoms with Crippen molar-refractivity contribution in [3.8, 4) is 0 Å². The molecule has 2 aromatic carbocycles. The second kappa shape index (κ2) is 8.00. The lowest BCUT2D eigenvalue weighted by Gasteiger charge is -2.45. The van der Waals surface area contributed by atoms with E-state index in [1.807, 2.05) is 6.20 Å². The van der Waals surface area contributed by atoms with Crippen LogP contribution in [-0.2, 0) is 4.43 Å². The highest BCUT2D eigenvalue weighted by molar-refractivity contribution is 6.99. The zero-order valence-electron chi connectivity index (χ0n) is 20.0. The molecule has 3 nitrogen and oxygen atoms in total. The van der Waals surface area contributed by atoms with Gasteiger partial charge < -0.3 is 4.43 Å². The molecule has 2 fully saturated rings. The third-order valence-electron chi connectivity index (χ3n) is 7.69. The minimum atomic E-state index is -2.46. The van der Waals surface area contributed by atoms with E-state index in [4.69, 9.17) is 4.43 Å². The summed E-state index contributed by atoms with van der Waals surface area (Å²) < 4.78 is 9.62. The Morgan fingerprint density at radius 2 is 1.41 bits per heavy atom. The fourth-order valence-electron chi connectivity index (χ4n) is 6.29. The van der Waals surface area contributed by atoms with Crippen LogP contribution in [0.15, 0.2) is 72.9 Å². The highest BCUT2D eigenvalue weighted by Gasteiger charge is 2.60. The van der Waals surface area contributed by atoms with Crippen molar-refractivity contribution in [2.24, 2.45) is 11.8 Å². The van der Waals surface area contributed by atoms with Crippen molar-refractivity contribution in [3.05, 3.63) is 78.6 Å². The minimum Gasteiger partial charge on any atom is -0.404 e. The Bertz CT molecular complexity index is 1000. The zero-order chi connectivity index (χ0) is 22.5. The van der Waals surface area contributed by atoms with E-state index in [0.717, 1.165) is 11.8 Å². The maximum atomic E-state index is 7.40. The molecule has 0 amide bonds. The lowest BCUT2D eigenvalue weighted by molar-refractivity contribution is 0.177. The van der Waals surface area contributed by atoms with E-state index in [2.05, 4.69) is 111 Å². The first-order chi connectivity index (χ1) is 15.3. The van der Waals surface area contributed by atoms with Gasteiger partial charge in [-0.1, -0.05) is 81.4 Å². The molecule has 0 aliphatic heterocycles. The van der Waals surface area contributed by atoms with E-state index < -0.39 is 8.32 Å². The monoisotopic (exact) mass is 444 g/mol. The van der Waals surface area contributed by atoms with Crippen LogP contribution in [0.3, 0.4) is 0 Å². The molecule has 0 spiro atoms. The maximum absolute atomic E-state index is 7.40. The van der Waals surface area contributed by atoms with Crippen LogP contribution in [0, 0.1) is 11.8 Å². The number of rotatable bonds is 6. The number of hydrogen-bond donors (Lipinski definition) is 0. The zero-order valence-corrected chi connectivity index (χ0v) is 21.0. The number of fused-ring (bicyclic) bond motifs is 1. The van der Waals surface area contributed by atoms with E-state index >= 15 is 0 Å². The molecular formula is C28H36N2OSi. The van der Waals surface area contributed by atoms with Crippen molar-refractivity contribution in [1.29, 1.82) is 0 Å². The first-order valence-corrected chi connectivity index (χ1v) is 14.1. The maximum Gasteiger partial charge on any atom is 0.261 e. The van der Waals surface area contributed by atoms with Gasteiger partial charge in [-0.25, -0.2) is 0 Å². The highest BCUT2D eigenvalue weighted by atomic mass is 28.4. The Hall–Kier alpha value is -2.17. The van der Waals surface area contributed by atoms with Crippen LogP contribution in [0.2, 0.25) is 5.04 Å². The average molecular weight is 445 g/mol. The van der Waals surface area contributed by atoms with Crippen LogP contribution < -0.4 is 10.4 Å². The largest absolute Gasteiger partial charge is 0.404 e. The molecule has 2 atom stereocenters. The molecule has 1 aromatic heterocycles. The normalized spacial score (nSPS) is 25.2. The number of benzene rings is 2. The fraction of sp³-hybridized carbons (Fsp3) is 0.464. The van der Waals surface area contributed by atoms with E-state index in [9.17, 15) is 0 Å². The summed E-state index contributed by atoms with van der Waals surface area (Å²) in [5, 5.41) is 7.39. The van der Waals surface area contributed by atoms with E-state index in [-0.39, 0.29) is 5.04 Å². The van der Waals surface area contributed by atoms with Crippen LogP contribution in [0.25, 0.3) is 0 Å². The van der Waals surface area contributed by atoms with Gasteiger partial charge in [0.25, 0.3) is 8.32 Å². The van der Waals surface area contributed by atoms with Crippen molar-refractivity contribution >= 4 is 18.7 Å². The summed E-state index contributed by atoms with van der Waals surface area (Å²) in [6.45, 7) is 11.6. The SMILES string of the molecule is CC(C)n1nccc1C1C2CC(O[Si](c3ccccc3)(c3ccccc3)C(C)(C)C)CC21. The Kier molecular flexibility index (Phi) is 5.41. The van der Waals surface area contributed by atoms with Crippen LogP contribution >= 0.6 is 0 Å². The van der Waals surface area contributed by atoms with E-state index in [1.165, 1.54) is 28.9 Å². The summed E-state index contributed by atoms with van der Waals surface area (Å²) >= 11 is 0. The van der Waals surface area contributed by atoms with Crippen molar-refractivity contribution in [1.82, 2.24) is 9.78 Å². The Morgan fingerprint density at radius 1 is 0.875 bits per heavy atom. The first kappa shape index (κ1) is 21.7. The molecule has 0 saturated heterocycles. The van der Waals surface area contributed by atoms with Gasteiger partial charge >= 0.3 is 0 Å². The smallest absolute Gasteiger partial charge is 0.261 e. The van der Waals surface area contributed by atoms with E-state index in [0.29, 0.717) is 18.1 Å². The summed E-state index contributed by atoms with van der Waals surface area (Å²) in [5.41, 5.74) is 1.43. The topological polar surface area (TPSA) is 27.1 Å². The number of hydrogen-bond acceptors (Lipinski definition) is 2. The third-order valence-corrected chi connectivity index (χ3v) is 12.8. The van der Waals surface area contributed by atoms with Crippen molar-refractivity contribution in [3.63, 3.8) is 0 Å². The Balaban J connectivity index is 1.44. The van der Waals surface area contributed by atoms with Gasteiger partial charge in [0.15, 0.2) is 0 Å². The second-order valence-corrected chi connectivity index (χ2v) is 15.3. The molecule has 32 heavy (non-hydrogen) atoms. The minimum absolute atomic E-state index is 0.0398. The van der Waals surface area contributed by atoms with Gasteiger partial charge in [0.05, 0.1) is 0 Å². The summed E-state index contributed by atoms with van der Waals surface area (Å²) in [5.74, 6) is 2.15. The van der Waals surface area contributed by atoms with Crippen LogP contribution in [0.4, 0.5) is 0 Å². The van der Waals surface area contributed by atoms with Gasteiger partial charge in [-0.15, -0.1) is 0 Å². The quantitative estimate of drug-likeness (QED) is 0.467. The lowest BCUT2D eigenvalue weighted by atomic mass is 10.1. The summed E-state index contributed by atoms with van der Waals surface area (Å²) in [6.07, 6.45) is 4.65. The predicted octanol–water partition coefficient (Wildman–Crippen LogP) is 5.53. The van der Waals surface area contributed by atoms with Gasteiger partial charge in [0.2, 0.25) is 0 Å². The number of nitrogens with zero attached hydrogens (tertiary/aromatic N) is 2. The summed E-state index contributed by atoms with van der Waals surface area (Å²) in [7, 11) is -2.46. The van der Waals surface area contributed by atoms with Gasteiger partial charge in [0.1, 0.15) is 0 Å². The lowest BCUT2D eigenvalue weighted by Crippen LogP contribution is -2.67. The van der Waals surface area contributed by atoms with Crippen molar-refractivity contribution in [2.45, 2.75) is 70.6 Å². The van der Waals surface area contributed by atoms with Crippen molar-refractivity contribution in [2.75, 3.05) is 0 Å². The third kappa shape index (κ3) is 3.48. The van der Waals surface area contributed by atoms with Gasteiger partial charge in [0, 0.05) is 30.0 Å². The molecule has 0 radical (unpaired) electrons. The molecule has 0 N–H and O–H groups in total. The number of aromatic nitrogens is 2. The molecule has 1 heterocycles. The standard InChI is InChI=1S/C28H36N2OSi/c1-20(2)30-26(16-17-29-30)27-24-18-21(19-25(24)27)31-32(28(3,4)5,22-12-8-6-9-13-22)23-14-10-7-11-15-23/h6-17,20-21,24-25,27H,18-19H2,1-5H3. The molecule has 4 heteroatoms. The Labute approximate surface area is 194 Å². The average Bonchev–Trinajstić information content (AvgIpc) is 3.13. The molecule has 0 bridgehead atoms. The molecule has 168 valence electrons. The van der Waals surface area contributed by atoms with E-state index in [1.54, 1.807) is 0 Å². The predicted molar refractivity (Wildman–Crippen MR) is 134 cm³/mol. The summed E-state index contributed by atoms with van der Waals surface area (Å²) in [4.78, 5) is 0. The molecule has 2 unspecified atom stereocenters. The second-order valence-electron chi connectivity index (χ2n) is 11.0. The molecule has 2 saturated carbocycles. The van der Waals surface area contributed by atoms with Gasteiger partial charge in [-0.05, 0) is 60.0 Å². The molecule has 5 rings (SSSR count). The molecule has 2 aliphatic rings. The first-order valence-electron chi connectivity index (χ1n) is 12.1. The van der Waals surface area contributed by atoms with Crippen LogP contribution in [0.1, 0.15) is 65.1 Å². The fourth-order valence-corrected chi connectivity index (χ4v) is 11.0. The Morgan fingerprint density at radius 3 is 1.88 bits per heavy atom.